The molecule has 32 heavy (non-hydrogen) atoms. The quantitative estimate of drug-likeness (QED) is 0.322. The lowest BCUT2D eigenvalue weighted by atomic mass is 10.1. The average Bonchev–Trinajstić information content (AvgIpc) is 2.65. The summed E-state index contributed by atoms with van der Waals surface area (Å²) < 4.78 is 34.7. The fraction of sp³-hybridized carbons (Fsp3) is 0.450. The van der Waals surface area contributed by atoms with Crippen LogP contribution in [0.25, 0.3) is 0 Å². The number of alkyl halides is 2. The number of hydrogen-bond acceptors (Lipinski definition) is 7. The van der Waals surface area contributed by atoms with Gasteiger partial charge in [0.15, 0.2) is 6.10 Å². The first-order valence-electron chi connectivity index (χ1n) is 8.82. The van der Waals surface area contributed by atoms with E-state index in [4.69, 9.17) is 15.3 Å². The Bertz CT molecular complexity index is 729. The maximum atomic E-state index is 12.9. The Morgan fingerprint density at radius 3 is 1.53 bits per heavy atom. The summed E-state index contributed by atoms with van der Waals surface area (Å²) in [7, 11) is 0. The number of carbonyl (C=O) groups is 5. The van der Waals surface area contributed by atoms with Gasteiger partial charge in [-0.1, -0.05) is 26.7 Å². The molecular weight excluding hydrogens is 438 g/mol. The van der Waals surface area contributed by atoms with Crippen LogP contribution in [0.1, 0.15) is 40.5 Å². The Morgan fingerprint density at radius 1 is 0.875 bits per heavy atom. The SMILES string of the molecule is C=C(C)C(=O)O.C=C(C)C(=O)OC(CC)C(F)(F)C(=O)O.C=C(C)C(=O)OCCC(=O)O. The number of esters is 2. The molecule has 0 radical (unpaired) electrons. The monoisotopic (exact) mass is 466 g/mol. The van der Waals surface area contributed by atoms with E-state index in [1.807, 2.05) is 0 Å². The van der Waals surface area contributed by atoms with Crippen molar-refractivity contribution in [2.45, 2.75) is 52.6 Å². The standard InChI is InChI=1S/C9H12F2O4.C7H10O4.C4H6O2/c1-4-6(9(10,11)8(13)14)15-7(12)5(2)3;1-5(2)7(10)11-4-3-6(8)9;1-3(2)4(5)6/h6H,2,4H2,1,3H3,(H,13,14);1,3-4H2,2H3,(H,8,9);1H2,2H3,(H,5,6). The van der Waals surface area contributed by atoms with Gasteiger partial charge >= 0.3 is 35.8 Å². The molecule has 0 aromatic heterocycles. The Hall–Kier alpha value is -3.57. The first-order chi connectivity index (χ1) is 14.4. The van der Waals surface area contributed by atoms with Crippen LogP contribution in [-0.2, 0) is 33.4 Å². The van der Waals surface area contributed by atoms with Gasteiger partial charge < -0.3 is 24.8 Å². The summed E-state index contributed by atoms with van der Waals surface area (Å²) in [6.45, 7) is 15.1. The van der Waals surface area contributed by atoms with Gasteiger partial charge in [-0.05, 0) is 27.2 Å². The summed E-state index contributed by atoms with van der Waals surface area (Å²) in [6.07, 6.45) is -2.43. The summed E-state index contributed by atoms with van der Waals surface area (Å²) in [4.78, 5) is 51.3. The molecule has 0 bridgehead atoms. The Balaban J connectivity index is -0.000000433. The lowest BCUT2D eigenvalue weighted by Crippen LogP contribution is -2.43. The van der Waals surface area contributed by atoms with E-state index < -0.39 is 41.9 Å². The molecule has 1 atom stereocenters. The highest BCUT2D eigenvalue weighted by molar-refractivity contribution is 5.88. The molecule has 0 aliphatic carbocycles. The van der Waals surface area contributed by atoms with Crippen molar-refractivity contribution in [3.05, 3.63) is 36.5 Å². The zero-order valence-corrected chi connectivity index (χ0v) is 18.3. The molecule has 0 aliphatic rings. The Labute approximate surface area is 183 Å². The van der Waals surface area contributed by atoms with E-state index in [9.17, 15) is 32.8 Å². The van der Waals surface area contributed by atoms with E-state index in [0.717, 1.165) is 0 Å². The van der Waals surface area contributed by atoms with E-state index in [-0.39, 0.29) is 36.2 Å². The predicted molar refractivity (Wildman–Crippen MR) is 108 cm³/mol. The fourth-order valence-electron chi connectivity index (χ4n) is 1.14. The van der Waals surface area contributed by atoms with Crippen LogP contribution in [0.3, 0.4) is 0 Å². The van der Waals surface area contributed by atoms with Crippen molar-refractivity contribution in [1.29, 1.82) is 0 Å². The predicted octanol–water partition coefficient (Wildman–Crippen LogP) is 2.83. The number of rotatable bonds is 10. The van der Waals surface area contributed by atoms with E-state index in [1.54, 1.807) is 0 Å². The van der Waals surface area contributed by atoms with Crippen molar-refractivity contribution in [2.24, 2.45) is 0 Å². The maximum absolute atomic E-state index is 12.9. The normalized spacial score (nSPS) is 10.6. The van der Waals surface area contributed by atoms with Crippen molar-refractivity contribution in [2.75, 3.05) is 6.61 Å². The van der Waals surface area contributed by atoms with Crippen LogP contribution in [0.15, 0.2) is 36.5 Å². The number of halogens is 2. The van der Waals surface area contributed by atoms with Crippen LogP contribution in [0.5, 0.6) is 0 Å². The first kappa shape index (κ1) is 33.1. The van der Waals surface area contributed by atoms with Gasteiger partial charge in [0, 0.05) is 16.7 Å². The molecule has 0 heterocycles. The maximum Gasteiger partial charge on any atom is 0.378 e. The number of ether oxygens (including phenoxy) is 2. The van der Waals surface area contributed by atoms with Crippen LogP contribution in [0.2, 0.25) is 0 Å². The van der Waals surface area contributed by atoms with Gasteiger partial charge in [-0.25, -0.2) is 19.2 Å². The lowest BCUT2D eigenvalue weighted by molar-refractivity contribution is -0.192. The third kappa shape index (κ3) is 16.3. The molecule has 0 amide bonds. The zero-order chi connectivity index (χ0) is 26.2. The number of carboxylic acids is 3. The summed E-state index contributed by atoms with van der Waals surface area (Å²) >= 11 is 0. The van der Waals surface area contributed by atoms with Crippen LogP contribution in [0.4, 0.5) is 8.78 Å². The number of aliphatic carboxylic acids is 3. The fourth-order valence-corrected chi connectivity index (χ4v) is 1.14. The molecule has 3 N–H and O–H groups in total. The number of carboxylic acid groups (broad SMARTS) is 3. The molecule has 0 fully saturated rings. The molecule has 0 aliphatic heterocycles. The number of hydrogen-bond donors (Lipinski definition) is 3. The molecule has 12 heteroatoms. The third-order valence-electron chi connectivity index (χ3n) is 2.92. The molecular formula is C20H28F2O10. The van der Waals surface area contributed by atoms with Gasteiger partial charge in [-0.3, -0.25) is 4.79 Å². The molecule has 0 saturated carbocycles. The van der Waals surface area contributed by atoms with Gasteiger partial charge in [-0.15, -0.1) is 0 Å². The second-order valence-corrected chi connectivity index (χ2v) is 6.16. The van der Waals surface area contributed by atoms with Gasteiger partial charge in [0.1, 0.15) is 6.61 Å². The number of carbonyl (C=O) groups excluding carboxylic acids is 2. The first-order valence-corrected chi connectivity index (χ1v) is 8.82. The van der Waals surface area contributed by atoms with Crippen LogP contribution in [-0.4, -0.2) is 63.8 Å². The van der Waals surface area contributed by atoms with Crippen molar-refractivity contribution >= 4 is 29.8 Å². The minimum Gasteiger partial charge on any atom is -0.481 e. The van der Waals surface area contributed by atoms with Gasteiger partial charge in [0.05, 0.1) is 6.42 Å². The summed E-state index contributed by atoms with van der Waals surface area (Å²) in [5, 5.41) is 24.3. The topological polar surface area (TPSA) is 164 Å². The van der Waals surface area contributed by atoms with E-state index >= 15 is 0 Å². The molecule has 10 nitrogen and oxygen atoms in total. The summed E-state index contributed by atoms with van der Waals surface area (Å²) in [5.74, 6) is -9.90. The second kappa shape index (κ2) is 16.2. The molecule has 0 aromatic carbocycles. The lowest BCUT2D eigenvalue weighted by Gasteiger charge is -2.22. The molecule has 182 valence electrons. The van der Waals surface area contributed by atoms with Crippen molar-refractivity contribution in [1.82, 2.24) is 0 Å². The van der Waals surface area contributed by atoms with E-state index in [2.05, 4.69) is 29.2 Å². The highest BCUT2D eigenvalue weighted by Gasteiger charge is 2.49. The average molecular weight is 466 g/mol. The Morgan fingerprint density at radius 2 is 1.28 bits per heavy atom. The third-order valence-corrected chi connectivity index (χ3v) is 2.92. The van der Waals surface area contributed by atoms with Crippen molar-refractivity contribution in [3.63, 3.8) is 0 Å². The van der Waals surface area contributed by atoms with Crippen LogP contribution in [0, 0.1) is 0 Å². The molecule has 0 saturated heterocycles. The molecule has 0 rings (SSSR count). The summed E-state index contributed by atoms with van der Waals surface area (Å²) in [6, 6.07) is 0. The molecule has 0 aromatic rings. The highest BCUT2D eigenvalue weighted by atomic mass is 19.3. The zero-order valence-electron chi connectivity index (χ0n) is 18.3. The van der Waals surface area contributed by atoms with Gasteiger partial charge in [0.2, 0.25) is 0 Å². The van der Waals surface area contributed by atoms with Crippen LogP contribution >= 0.6 is 0 Å². The van der Waals surface area contributed by atoms with E-state index in [1.165, 1.54) is 27.7 Å². The molecule has 1 unspecified atom stereocenters. The van der Waals surface area contributed by atoms with Gasteiger partial charge in [0.25, 0.3) is 0 Å². The smallest absolute Gasteiger partial charge is 0.378 e. The Kier molecular flexibility index (Phi) is 16.7. The van der Waals surface area contributed by atoms with Crippen LogP contribution < -0.4 is 0 Å². The van der Waals surface area contributed by atoms with E-state index in [0.29, 0.717) is 0 Å². The van der Waals surface area contributed by atoms with Crippen molar-refractivity contribution in [3.8, 4) is 0 Å². The summed E-state index contributed by atoms with van der Waals surface area (Å²) in [5.41, 5.74) is 0.389. The second-order valence-electron chi connectivity index (χ2n) is 6.16. The van der Waals surface area contributed by atoms with Gasteiger partial charge in [-0.2, -0.15) is 8.78 Å². The minimum absolute atomic E-state index is 0.0605. The molecule has 0 spiro atoms. The highest BCUT2D eigenvalue weighted by Crippen LogP contribution is 2.24. The minimum atomic E-state index is -4.08. The largest absolute Gasteiger partial charge is 0.481 e. The van der Waals surface area contributed by atoms with Crippen molar-refractivity contribution < 1.29 is 57.5 Å².